The average molecular weight is 250 g/mol. The fourth-order valence-corrected chi connectivity index (χ4v) is 2.07. The van der Waals surface area contributed by atoms with Crippen LogP contribution in [0.1, 0.15) is 18.4 Å². The zero-order valence-electron chi connectivity index (χ0n) is 9.16. The predicted molar refractivity (Wildman–Crippen MR) is 65.8 cm³/mol. The first kappa shape index (κ1) is 11.7. The first-order chi connectivity index (χ1) is 8.20. The topological polar surface area (TPSA) is 64.9 Å². The minimum atomic E-state index is 0.0865. The molecule has 1 unspecified atom stereocenters. The van der Waals surface area contributed by atoms with Gasteiger partial charge in [0.15, 0.2) is 0 Å². The lowest BCUT2D eigenvalue weighted by atomic mass is 10.1. The van der Waals surface area contributed by atoms with Gasteiger partial charge in [0.2, 0.25) is 5.91 Å². The lowest BCUT2D eigenvalue weighted by molar-refractivity contribution is -0.119. The maximum absolute atomic E-state index is 11.0. The molecule has 1 saturated heterocycles. The van der Waals surface area contributed by atoms with E-state index in [1.807, 2.05) is 0 Å². The second kappa shape index (κ2) is 5.07. The van der Waals surface area contributed by atoms with E-state index in [1.54, 1.807) is 18.2 Å². The van der Waals surface area contributed by atoms with Gasteiger partial charge in [-0.05, 0) is 18.6 Å². The molecule has 1 atom stereocenters. The van der Waals surface area contributed by atoms with Crippen LogP contribution >= 0.6 is 11.6 Å². The van der Waals surface area contributed by atoms with Crippen LogP contribution in [0, 0.1) is 11.3 Å². The lowest BCUT2D eigenvalue weighted by Gasteiger charge is -2.13. The van der Waals surface area contributed by atoms with Crippen molar-refractivity contribution in [1.29, 1.82) is 5.26 Å². The molecule has 2 N–H and O–H groups in total. The number of nitrogens with one attached hydrogen (secondary N) is 2. The molecule has 1 aromatic rings. The molecule has 5 heteroatoms. The van der Waals surface area contributed by atoms with Crippen LogP contribution < -0.4 is 10.6 Å². The van der Waals surface area contributed by atoms with Crippen molar-refractivity contribution in [3.8, 4) is 6.07 Å². The highest BCUT2D eigenvalue weighted by Gasteiger charge is 2.20. The number of carbonyl (C=O) groups excluding carboxylic acids is 1. The Morgan fingerprint density at radius 3 is 3.06 bits per heavy atom. The second-order valence-corrected chi connectivity index (χ2v) is 4.37. The minimum absolute atomic E-state index is 0.0865. The molecule has 4 nitrogen and oxygen atoms in total. The quantitative estimate of drug-likeness (QED) is 0.860. The van der Waals surface area contributed by atoms with E-state index in [9.17, 15) is 4.79 Å². The van der Waals surface area contributed by atoms with E-state index >= 15 is 0 Å². The van der Waals surface area contributed by atoms with Gasteiger partial charge in [-0.15, -0.1) is 0 Å². The maximum Gasteiger partial charge on any atom is 0.220 e. The molecule has 1 aliphatic heterocycles. The van der Waals surface area contributed by atoms with Gasteiger partial charge in [-0.25, -0.2) is 0 Å². The van der Waals surface area contributed by atoms with Gasteiger partial charge < -0.3 is 10.6 Å². The first-order valence-electron chi connectivity index (χ1n) is 5.42. The van der Waals surface area contributed by atoms with Crippen molar-refractivity contribution in [3.05, 3.63) is 28.8 Å². The Hall–Kier alpha value is -1.73. The van der Waals surface area contributed by atoms with Crippen molar-refractivity contribution in [3.63, 3.8) is 0 Å². The summed E-state index contributed by atoms with van der Waals surface area (Å²) in [6.07, 6.45) is 1.40. The fourth-order valence-electron chi connectivity index (χ4n) is 1.85. The van der Waals surface area contributed by atoms with Gasteiger partial charge in [-0.1, -0.05) is 17.7 Å². The third kappa shape index (κ3) is 2.69. The zero-order chi connectivity index (χ0) is 12.3. The maximum atomic E-state index is 11.0. The van der Waals surface area contributed by atoms with Crippen molar-refractivity contribution in [2.45, 2.75) is 18.9 Å². The summed E-state index contributed by atoms with van der Waals surface area (Å²) in [5, 5.41) is 15.4. The van der Waals surface area contributed by atoms with Gasteiger partial charge >= 0.3 is 0 Å². The summed E-state index contributed by atoms with van der Waals surface area (Å²) in [5.41, 5.74) is 1.15. The second-order valence-electron chi connectivity index (χ2n) is 3.96. The van der Waals surface area contributed by atoms with Crippen LogP contribution in [0.4, 0.5) is 5.69 Å². The van der Waals surface area contributed by atoms with Gasteiger partial charge in [0.25, 0.3) is 0 Å². The molecule has 88 valence electrons. The third-order valence-electron chi connectivity index (χ3n) is 2.75. The SMILES string of the molecule is N#Cc1c(Cl)cccc1NCC1CCC(=O)N1. The average Bonchev–Trinajstić information content (AvgIpc) is 2.72. The normalized spacial score (nSPS) is 18.6. The van der Waals surface area contributed by atoms with E-state index < -0.39 is 0 Å². The van der Waals surface area contributed by atoms with E-state index in [0.717, 1.165) is 6.42 Å². The molecule has 2 rings (SSSR count). The van der Waals surface area contributed by atoms with Crippen molar-refractivity contribution in [2.24, 2.45) is 0 Å². The van der Waals surface area contributed by atoms with Gasteiger partial charge in [0.1, 0.15) is 6.07 Å². The Labute approximate surface area is 105 Å². The molecular weight excluding hydrogens is 238 g/mol. The molecule has 1 aliphatic rings. The van der Waals surface area contributed by atoms with Crippen LogP contribution in [-0.2, 0) is 4.79 Å². The van der Waals surface area contributed by atoms with Crippen LogP contribution in [0.15, 0.2) is 18.2 Å². The predicted octanol–water partition coefficient (Wildman–Crippen LogP) is 1.90. The minimum Gasteiger partial charge on any atom is -0.382 e. The Morgan fingerprint density at radius 2 is 2.41 bits per heavy atom. The molecule has 0 aliphatic carbocycles. The highest BCUT2D eigenvalue weighted by atomic mass is 35.5. The van der Waals surface area contributed by atoms with Crippen LogP contribution in [-0.4, -0.2) is 18.5 Å². The molecule has 0 bridgehead atoms. The summed E-state index contributed by atoms with van der Waals surface area (Å²) in [6.45, 7) is 0.612. The number of rotatable bonds is 3. The summed E-state index contributed by atoms with van der Waals surface area (Å²) in [5.74, 6) is 0.0865. The zero-order valence-corrected chi connectivity index (χ0v) is 9.92. The fraction of sp³-hybridized carbons (Fsp3) is 0.333. The summed E-state index contributed by atoms with van der Waals surface area (Å²) in [6, 6.07) is 7.48. The number of hydrogen-bond acceptors (Lipinski definition) is 3. The molecule has 0 saturated carbocycles. The molecule has 0 spiro atoms. The number of nitriles is 1. The van der Waals surface area contributed by atoms with Crippen molar-refractivity contribution >= 4 is 23.2 Å². The van der Waals surface area contributed by atoms with E-state index in [2.05, 4.69) is 16.7 Å². The molecule has 0 aromatic heterocycles. The highest BCUT2D eigenvalue weighted by molar-refractivity contribution is 6.32. The summed E-state index contributed by atoms with van der Waals surface area (Å²) >= 11 is 5.92. The van der Waals surface area contributed by atoms with Gasteiger partial charge in [-0.2, -0.15) is 5.26 Å². The number of carbonyl (C=O) groups is 1. The van der Waals surface area contributed by atoms with Crippen molar-refractivity contribution < 1.29 is 4.79 Å². The van der Waals surface area contributed by atoms with Gasteiger partial charge in [-0.3, -0.25) is 4.79 Å². The molecule has 1 aromatic carbocycles. The van der Waals surface area contributed by atoms with E-state index in [-0.39, 0.29) is 11.9 Å². The number of amides is 1. The number of anilines is 1. The smallest absolute Gasteiger partial charge is 0.220 e. The molecular formula is C12H12ClN3O. The van der Waals surface area contributed by atoms with Crippen LogP contribution in [0.25, 0.3) is 0 Å². The monoisotopic (exact) mass is 249 g/mol. The number of nitrogens with zero attached hydrogens (tertiary/aromatic N) is 1. The number of halogens is 1. The first-order valence-corrected chi connectivity index (χ1v) is 5.80. The summed E-state index contributed by atoms with van der Waals surface area (Å²) in [4.78, 5) is 11.0. The summed E-state index contributed by atoms with van der Waals surface area (Å²) < 4.78 is 0. The van der Waals surface area contributed by atoms with Crippen molar-refractivity contribution in [2.75, 3.05) is 11.9 Å². The Bertz CT molecular complexity index is 481. The van der Waals surface area contributed by atoms with Gasteiger partial charge in [0.05, 0.1) is 16.3 Å². The molecule has 1 fully saturated rings. The third-order valence-corrected chi connectivity index (χ3v) is 3.06. The van der Waals surface area contributed by atoms with E-state index in [1.165, 1.54) is 0 Å². The highest BCUT2D eigenvalue weighted by Crippen LogP contribution is 2.23. The molecule has 1 heterocycles. The standard InChI is InChI=1S/C12H12ClN3O/c13-10-2-1-3-11(9(10)6-14)15-7-8-4-5-12(17)16-8/h1-3,8,15H,4-5,7H2,(H,16,17). The number of hydrogen-bond donors (Lipinski definition) is 2. The van der Waals surface area contributed by atoms with Gasteiger partial charge in [0, 0.05) is 19.0 Å². The summed E-state index contributed by atoms with van der Waals surface area (Å²) in [7, 11) is 0. The van der Waals surface area contributed by atoms with Crippen LogP contribution in [0.5, 0.6) is 0 Å². The number of benzene rings is 1. The molecule has 1 amide bonds. The Balaban J connectivity index is 2.02. The Morgan fingerprint density at radius 1 is 1.59 bits per heavy atom. The van der Waals surface area contributed by atoms with Crippen LogP contribution in [0.3, 0.4) is 0 Å². The van der Waals surface area contributed by atoms with E-state index in [0.29, 0.717) is 29.2 Å². The molecule has 17 heavy (non-hydrogen) atoms. The van der Waals surface area contributed by atoms with Crippen LogP contribution in [0.2, 0.25) is 5.02 Å². The Kier molecular flexibility index (Phi) is 3.50. The van der Waals surface area contributed by atoms with E-state index in [4.69, 9.17) is 16.9 Å². The van der Waals surface area contributed by atoms with Crippen molar-refractivity contribution in [1.82, 2.24) is 5.32 Å². The molecule has 0 radical (unpaired) electrons. The lowest BCUT2D eigenvalue weighted by Crippen LogP contribution is -2.31. The largest absolute Gasteiger partial charge is 0.382 e.